The molecule has 0 amide bonds. The van der Waals surface area contributed by atoms with Crippen LogP contribution in [0.2, 0.25) is 0 Å². The van der Waals surface area contributed by atoms with E-state index in [-0.39, 0.29) is 11.6 Å². The summed E-state index contributed by atoms with van der Waals surface area (Å²) in [6.07, 6.45) is 2.49. The van der Waals surface area contributed by atoms with E-state index in [0.717, 1.165) is 6.42 Å². The standard InChI is InChI=1S/C20H21N5O3/c1-3-13(2)25(12-18-23-24-20(28-18)16-9-6-10-27-16)11-17-21-15-8-5-4-7-14(15)19(26)22-17/h4-10,13H,3,11-12H2,1-2H3,(H,21,22,26). The number of aromatic amines is 1. The summed E-state index contributed by atoms with van der Waals surface area (Å²) in [7, 11) is 0. The van der Waals surface area contributed by atoms with Crippen LogP contribution in [-0.2, 0) is 13.1 Å². The summed E-state index contributed by atoms with van der Waals surface area (Å²) in [6, 6.07) is 11.1. The van der Waals surface area contributed by atoms with Crippen LogP contribution in [-0.4, -0.2) is 31.1 Å². The van der Waals surface area contributed by atoms with Gasteiger partial charge in [0.1, 0.15) is 5.82 Å². The van der Waals surface area contributed by atoms with Crippen LogP contribution in [0.25, 0.3) is 22.6 Å². The highest BCUT2D eigenvalue weighted by molar-refractivity contribution is 5.77. The molecule has 0 bridgehead atoms. The number of aromatic nitrogens is 4. The number of fused-ring (bicyclic) bond motifs is 1. The molecule has 1 aromatic carbocycles. The number of hydrogen-bond acceptors (Lipinski definition) is 7. The molecule has 144 valence electrons. The van der Waals surface area contributed by atoms with Gasteiger partial charge in [0, 0.05) is 6.04 Å². The van der Waals surface area contributed by atoms with Crippen molar-refractivity contribution in [2.24, 2.45) is 0 Å². The van der Waals surface area contributed by atoms with Crippen molar-refractivity contribution in [3.8, 4) is 11.7 Å². The Bertz CT molecular complexity index is 1120. The second-order valence-electron chi connectivity index (χ2n) is 6.67. The van der Waals surface area contributed by atoms with Gasteiger partial charge in [-0.3, -0.25) is 9.69 Å². The van der Waals surface area contributed by atoms with E-state index in [1.54, 1.807) is 24.5 Å². The van der Waals surface area contributed by atoms with Gasteiger partial charge in [0.15, 0.2) is 5.76 Å². The summed E-state index contributed by atoms with van der Waals surface area (Å²) >= 11 is 0. The average Bonchev–Trinajstić information content (AvgIpc) is 3.38. The van der Waals surface area contributed by atoms with Gasteiger partial charge in [-0.25, -0.2) is 4.98 Å². The third-order valence-corrected chi connectivity index (χ3v) is 4.77. The van der Waals surface area contributed by atoms with Crippen molar-refractivity contribution >= 4 is 10.9 Å². The molecular weight excluding hydrogens is 358 g/mol. The number of benzene rings is 1. The summed E-state index contributed by atoms with van der Waals surface area (Å²) in [5.74, 6) is 1.97. The first kappa shape index (κ1) is 18.1. The van der Waals surface area contributed by atoms with E-state index in [9.17, 15) is 4.79 Å². The Labute approximate surface area is 161 Å². The molecule has 0 aliphatic carbocycles. The largest absolute Gasteiger partial charge is 0.459 e. The van der Waals surface area contributed by atoms with Gasteiger partial charge >= 0.3 is 0 Å². The Balaban J connectivity index is 1.58. The summed E-state index contributed by atoms with van der Waals surface area (Å²) in [4.78, 5) is 22.0. The van der Waals surface area contributed by atoms with E-state index in [1.165, 1.54) is 0 Å². The van der Waals surface area contributed by atoms with Gasteiger partial charge in [-0.15, -0.1) is 10.2 Å². The normalized spacial score (nSPS) is 12.7. The lowest BCUT2D eigenvalue weighted by Gasteiger charge is -2.26. The van der Waals surface area contributed by atoms with Crippen LogP contribution in [0.3, 0.4) is 0 Å². The molecule has 0 aliphatic heterocycles. The lowest BCUT2D eigenvalue weighted by molar-refractivity contribution is 0.165. The number of nitrogens with zero attached hydrogens (tertiary/aromatic N) is 4. The molecule has 3 aromatic heterocycles. The molecule has 1 unspecified atom stereocenters. The predicted molar refractivity (Wildman–Crippen MR) is 103 cm³/mol. The van der Waals surface area contributed by atoms with Gasteiger partial charge in [-0.1, -0.05) is 19.1 Å². The number of H-pyrrole nitrogens is 1. The first-order valence-corrected chi connectivity index (χ1v) is 9.22. The molecule has 0 radical (unpaired) electrons. The fourth-order valence-electron chi connectivity index (χ4n) is 3.02. The molecule has 4 aromatic rings. The smallest absolute Gasteiger partial charge is 0.283 e. The molecule has 3 heterocycles. The molecule has 1 atom stereocenters. The fourth-order valence-corrected chi connectivity index (χ4v) is 3.02. The van der Waals surface area contributed by atoms with E-state index in [2.05, 4.69) is 38.9 Å². The molecular formula is C20H21N5O3. The van der Waals surface area contributed by atoms with Crippen LogP contribution in [0.4, 0.5) is 0 Å². The number of nitrogens with one attached hydrogen (secondary N) is 1. The maximum Gasteiger partial charge on any atom is 0.283 e. The molecule has 1 N–H and O–H groups in total. The number of rotatable bonds is 7. The van der Waals surface area contributed by atoms with Crippen LogP contribution in [0.5, 0.6) is 0 Å². The summed E-state index contributed by atoms with van der Waals surface area (Å²) < 4.78 is 11.0. The molecule has 0 aliphatic rings. The molecule has 28 heavy (non-hydrogen) atoms. The van der Waals surface area contributed by atoms with Crippen molar-refractivity contribution in [1.29, 1.82) is 0 Å². The van der Waals surface area contributed by atoms with Crippen LogP contribution >= 0.6 is 0 Å². The molecule has 0 fully saturated rings. The third-order valence-electron chi connectivity index (χ3n) is 4.77. The van der Waals surface area contributed by atoms with Gasteiger partial charge in [0.2, 0.25) is 5.89 Å². The maximum atomic E-state index is 12.3. The van der Waals surface area contributed by atoms with Crippen LogP contribution in [0.1, 0.15) is 32.0 Å². The Morgan fingerprint density at radius 3 is 2.79 bits per heavy atom. The number of para-hydroxylation sites is 1. The van der Waals surface area contributed by atoms with Crippen LogP contribution < -0.4 is 5.56 Å². The molecule has 0 spiro atoms. The van der Waals surface area contributed by atoms with Crippen molar-refractivity contribution in [1.82, 2.24) is 25.1 Å². The zero-order valence-electron chi connectivity index (χ0n) is 15.8. The maximum absolute atomic E-state index is 12.3. The van der Waals surface area contributed by atoms with Crippen molar-refractivity contribution in [2.45, 2.75) is 39.4 Å². The summed E-state index contributed by atoms with van der Waals surface area (Å²) in [5, 5.41) is 8.76. The van der Waals surface area contributed by atoms with Gasteiger partial charge in [-0.05, 0) is 37.6 Å². The van der Waals surface area contributed by atoms with E-state index in [4.69, 9.17) is 8.83 Å². The topological polar surface area (TPSA) is 101 Å². The summed E-state index contributed by atoms with van der Waals surface area (Å²) in [5.41, 5.74) is 0.547. The highest BCUT2D eigenvalue weighted by Gasteiger charge is 2.19. The minimum absolute atomic E-state index is 0.136. The first-order chi connectivity index (χ1) is 13.6. The lowest BCUT2D eigenvalue weighted by atomic mass is 10.2. The molecule has 8 nitrogen and oxygen atoms in total. The molecule has 4 rings (SSSR count). The Morgan fingerprint density at radius 1 is 1.14 bits per heavy atom. The highest BCUT2D eigenvalue weighted by Crippen LogP contribution is 2.20. The SMILES string of the molecule is CCC(C)N(Cc1nc2ccccc2c(=O)[nH]1)Cc1nnc(-c2ccco2)o1. The van der Waals surface area contributed by atoms with Crippen molar-refractivity contribution in [2.75, 3.05) is 0 Å². The monoisotopic (exact) mass is 379 g/mol. The minimum Gasteiger partial charge on any atom is -0.459 e. The minimum atomic E-state index is -0.136. The van der Waals surface area contributed by atoms with Gasteiger partial charge < -0.3 is 13.8 Å². The highest BCUT2D eigenvalue weighted by atomic mass is 16.4. The quantitative estimate of drug-likeness (QED) is 0.525. The van der Waals surface area contributed by atoms with Crippen molar-refractivity contribution in [3.05, 3.63) is 64.7 Å². The second-order valence-corrected chi connectivity index (χ2v) is 6.67. The zero-order valence-corrected chi connectivity index (χ0v) is 15.8. The summed E-state index contributed by atoms with van der Waals surface area (Å²) in [6.45, 7) is 5.13. The number of furan rings is 1. The van der Waals surface area contributed by atoms with E-state index >= 15 is 0 Å². The first-order valence-electron chi connectivity index (χ1n) is 9.22. The predicted octanol–water partition coefficient (Wildman–Crippen LogP) is 3.37. The fraction of sp³-hybridized carbons (Fsp3) is 0.300. The van der Waals surface area contributed by atoms with Gasteiger partial charge in [0.25, 0.3) is 11.4 Å². The lowest BCUT2D eigenvalue weighted by Crippen LogP contribution is -2.33. The Morgan fingerprint density at radius 2 is 2.00 bits per heavy atom. The van der Waals surface area contributed by atoms with Crippen molar-refractivity contribution in [3.63, 3.8) is 0 Å². The van der Waals surface area contributed by atoms with Gasteiger partial charge in [0.05, 0.1) is 30.3 Å². The Hall–Kier alpha value is -3.26. The molecule has 0 saturated heterocycles. The number of hydrogen-bond donors (Lipinski definition) is 1. The van der Waals surface area contributed by atoms with E-state index in [0.29, 0.717) is 47.4 Å². The van der Waals surface area contributed by atoms with Gasteiger partial charge in [-0.2, -0.15) is 0 Å². The van der Waals surface area contributed by atoms with E-state index < -0.39 is 0 Å². The third kappa shape index (κ3) is 3.72. The molecule has 8 heteroatoms. The van der Waals surface area contributed by atoms with Crippen LogP contribution in [0, 0.1) is 0 Å². The van der Waals surface area contributed by atoms with E-state index in [1.807, 2.05) is 18.2 Å². The zero-order chi connectivity index (χ0) is 19.5. The van der Waals surface area contributed by atoms with Crippen molar-refractivity contribution < 1.29 is 8.83 Å². The van der Waals surface area contributed by atoms with Crippen LogP contribution in [0.15, 0.2) is 56.3 Å². The molecule has 0 saturated carbocycles. The second kappa shape index (κ2) is 7.77. The Kier molecular flexibility index (Phi) is 5.03. The average molecular weight is 379 g/mol.